The van der Waals surface area contributed by atoms with Crippen LogP contribution >= 0.6 is 0 Å². The highest BCUT2D eigenvalue weighted by Crippen LogP contribution is 2.08. The maximum absolute atomic E-state index is 10.2. The van der Waals surface area contributed by atoms with Crippen molar-refractivity contribution in [2.75, 3.05) is 6.54 Å². The van der Waals surface area contributed by atoms with Crippen LogP contribution in [0.15, 0.2) is 60.8 Å². The molecular formula is C26H44N4O4. The van der Waals surface area contributed by atoms with Crippen LogP contribution in [0, 0.1) is 5.41 Å². The van der Waals surface area contributed by atoms with Crippen molar-refractivity contribution in [2.24, 2.45) is 11.5 Å². The lowest BCUT2D eigenvalue weighted by molar-refractivity contribution is -0.138. The third kappa shape index (κ3) is 31.1. The van der Waals surface area contributed by atoms with E-state index in [1.165, 1.54) is 51.0 Å². The van der Waals surface area contributed by atoms with Crippen LogP contribution in [0.3, 0.4) is 0 Å². The number of aliphatic carboxylic acids is 2. The predicted octanol–water partition coefficient (Wildman–Crippen LogP) is 4.65. The fraction of sp³-hybridized carbons (Fsp3) is 0.500. The fourth-order valence-corrected chi connectivity index (χ4v) is 2.59. The highest BCUT2D eigenvalue weighted by molar-refractivity contribution is 5.80. The monoisotopic (exact) mass is 476 g/mol. The van der Waals surface area contributed by atoms with E-state index in [1.54, 1.807) is 12.2 Å². The summed E-state index contributed by atoms with van der Waals surface area (Å²) in [6.07, 6.45) is 29.7. The van der Waals surface area contributed by atoms with Crippen molar-refractivity contribution in [3.8, 4) is 0 Å². The number of hydrogen-bond acceptors (Lipinski definition) is 4. The first-order valence-electron chi connectivity index (χ1n) is 11.9. The number of nitrogens with one attached hydrogen (secondary N) is 2. The summed E-state index contributed by atoms with van der Waals surface area (Å²) in [4.78, 5) is 20.4. The van der Waals surface area contributed by atoms with Gasteiger partial charge in [0.2, 0.25) is 0 Å². The van der Waals surface area contributed by atoms with Gasteiger partial charge in [0.1, 0.15) is 6.04 Å². The minimum Gasteiger partial charge on any atom is -0.480 e. The summed E-state index contributed by atoms with van der Waals surface area (Å²) < 4.78 is 0. The Bertz CT molecular complexity index is 682. The summed E-state index contributed by atoms with van der Waals surface area (Å²) in [6.45, 7) is 2.73. The van der Waals surface area contributed by atoms with E-state index in [2.05, 4.69) is 24.4 Å². The third-order valence-corrected chi connectivity index (χ3v) is 4.45. The van der Waals surface area contributed by atoms with Crippen LogP contribution in [0.5, 0.6) is 0 Å². The first kappa shape index (κ1) is 33.0. The first-order chi connectivity index (χ1) is 16.3. The minimum atomic E-state index is -1.00. The maximum atomic E-state index is 10.2. The van der Waals surface area contributed by atoms with Gasteiger partial charge in [0.15, 0.2) is 5.96 Å². The van der Waals surface area contributed by atoms with Crippen molar-refractivity contribution in [1.82, 2.24) is 5.32 Å². The molecule has 1 atom stereocenters. The Morgan fingerprint density at radius 3 is 1.91 bits per heavy atom. The largest absolute Gasteiger partial charge is 0.480 e. The average molecular weight is 477 g/mol. The second-order valence-electron chi connectivity index (χ2n) is 7.62. The van der Waals surface area contributed by atoms with Gasteiger partial charge in [-0.3, -0.25) is 10.2 Å². The van der Waals surface area contributed by atoms with E-state index in [4.69, 9.17) is 27.1 Å². The first-order valence-corrected chi connectivity index (χ1v) is 11.9. The Kier molecular flexibility index (Phi) is 25.4. The molecule has 0 radical (unpaired) electrons. The Morgan fingerprint density at radius 2 is 1.38 bits per heavy atom. The molecule has 0 unspecified atom stereocenters. The zero-order valence-corrected chi connectivity index (χ0v) is 20.5. The van der Waals surface area contributed by atoms with Gasteiger partial charge in [-0.15, -0.1) is 0 Å². The van der Waals surface area contributed by atoms with Crippen molar-refractivity contribution in [2.45, 2.75) is 77.2 Å². The van der Waals surface area contributed by atoms with E-state index in [1.807, 2.05) is 24.3 Å². The predicted molar refractivity (Wildman–Crippen MR) is 141 cm³/mol. The standard InChI is InChI=1S/C20H30O2.C6H14N4O2/c1-2-3-4-5-6-7-8-9-10-11-12-13-14-15-16-17-18-19-20(21)22;7-4(5(11)12)2-1-3-10-6(8)9/h10-19H,2-9H2,1H3,(H,21,22);4H,1-3,7H2,(H,11,12)(H4,8,9,10)/t;4-/m.0/s1. The fourth-order valence-electron chi connectivity index (χ4n) is 2.59. The molecule has 8 N–H and O–H groups in total. The molecule has 0 aliphatic carbocycles. The molecule has 0 rings (SSSR count). The van der Waals surface area contributed by atoms with Gasteiger partial charge >= 0.3 is 11.9 Å². The molecule has 8 heteroatoms. The van der Waals surface area contributed by atoms with Crippen molar-refractivity contribution < 1.29 is 19.8 Å². The van der Waals surface area contributed by atoms with Crippen LogP contribution in [0.4, 0.5) is 0 Å². The number of nitrogens with two attached hydrogens (primary N) is 2. The lowest BCUT2D eigenvalue weighted by Gasteiger charge is -2.06. The van der Waals surface area contributed by atoms with E-state index in [9.17, 15) is 9.59 Å². The van der Waals surface area contributed by atoms with Gasteiger partial charge in [-0.25, -0.2) is 4.79 Å². The van der Waals surface area contributed by atoms with Crippen molar-refractivity contribution in [1.29, 1.82) is 5.41 Å². The van der Waals surface area contributed by atoms with E-state index in [0.717, 1.165) is 12.5 Å². The minimum absolute atomic E-state index is 0.112. The topological polar surface area (TPSA) is 163 Å². The van der Waals surface area contributed by atoms with Gasteiger partial charge in [0.25, 0.3) is 0 Å². The van der Waals surface area contributed by atoms with E-state index in [-0.39, 0.29) is 5.96 Å². The molecule has 34 heavy (non-hydrogen) atoms. The molecule has 0 aliphatic rings. The number of carboxylic acid groups (broad SMARTS) is 2. The van der Waals surface area contributed by atoms with E-state index >= 15 is 0 Å². The Hall–Kier alpha value is -3.13. The summed E-state index contributed by atoms with van der Waals surface area (Å²) in [6, 6.07) is -0.821. The zero-order chi connectivity index (χ0) is 25.9. The summed E-state index contributed by atoms with van der Waals surface area (Å²) in [7, 11) is 0. The molecule has 0 spiro atoms. The third-order valence-electron chi connectivity index (χ3n) is 4.45. The lowest BCUT2D eigenvalue weighted by atomic mass is 10.1. The van der Waals surface area contributed by atoms with Gasteiger partial charge in [-0.1, -0.05) is 100 Å². The summed E-state index contributed by atoms with van der Waals surface area (Å²) >= 11 is 0. The number of hydrogen-bond donors (Lipinski definition) is 6. The Balaban J connectivity index is 0. The van der Waals surface area contributed by atoms with Crippen molar-refractivity contribution >= 4 is 17.9 Å². The molecule has 0 fully saturated rings. The molecule has 0 saturated carbocycles. The number of rotatable bonds is 18. The second-order valence-corrected chi connectivity index (χ2v) is 7.62. The molecule has 0 aromatic heterocycles. The zero-order valence-electron chi connectivity index (χ0n) is 20.5. The van der Waals surface area contributed by atoms with Gasteiger partial charge < -0.3 is 27.0 Å². The van der Waals surface area contributed by atoms with Crippen molar-refractivity contribution in [3.05, 3.63) is 60.8 Å². The average Bonchev–Trinajstić information content (AvgIpc) is 2.78. The smallest absolute Gasteiger partial charge is 0.328 e. The normalized spacial score (nSPS) is 12.5. The molecule has 0 aromatic rings. The van der Waals surface area contributed by atoms with Crippen LogP contribution in [0.2, 0.25) is 0 Å². The van der Waals surface area contributed by atoms with Gasteiger partial charge in [-0.2, -0.15) is 0 Å². The molecule has 0 aliphatic heterocycles. The molecular weight excluding hydrogens is 432 g/mol. The number of unbranched alkanes of at least 4 members (excludes halogenated alkanes) is 7. The SMILES string of the molecule is CCCCCCCCCC=CC=CC=CC=CC=CC(=O)O.N=C(N)NCCC[C@H](N)C(=O)O. The van der Waals surface area contributed by atoms with Gasteiger partial charge in [-0.05, 0) is 25.7 Å². The summed E-state index contributed by atoms with van der Waals surface area (Å²) in [5.74, 6) is -2.05. The second kappa shape index (κ2) is 26.1. The number of carbonyl (C=O) groups is 2. The van der Waals surface area contributed by atoms with Crippen molar-refractivity contribution in [3.63, 3.8) is 0 Å². The highest BCUT2D eigenvalue weighted by Gasteiger charge is 2.09. The maximum Gasteiger partial charge on any atom is 0.328 e. The molecule has 8 nitrogen and oxygen atoms in total. The Morgan fingerprint density at radius 1 is 0.853 bits per heavy atom. The molecule has 0 saturated heterocycles. The number of allylic oxidation sites excluding steroid dienone is 9. The molecule has 192 valence electrons. The van der Waals surface area contributed by atoms with Crippen LogP contribution in [-0.4, -0.2) is 40.7 Å². The summed E-state index contributed by atoms with van der Waals surface area (Å²) in [5.41, 5.74) is 10.2. The summed E-state index contributed by atoms with van der Waals surface area (Å²) in [5, 5.41) is 26.1. The molecule has 0 amide bonds. The lowest BCUT2D eigenvalue weighted by Crippen LogP contribution is -2.34. The number of carboxylic acids is 2. The number of guanidine groups is 1. The van der Waals surface area contributed by atoms with Gasteiger partial charge in [0, 0.05) is 12.6 Å². The highest BCUT2D eigenvalue weighted by atomic mass is 16.4. The van der Waals surface area contributed by atoms with Gasteiger partial charge in [0.05, 0.1) is 0 Å². The van der Waals surface area contributed by atoms with Crippen LogP contribution in [-0.2, 0) is 9.59 Å². The Labute approximate surface area is 204 Å². The van der Waals surface area contributed by atoms with Crippen LogP contribution in [0.25, 0.3) is 0 Å². The van der Waals surface area contributed by atoms with E-state index < -0.39 is 18.0 Å². The molecule has 0 bridgehead atoms. The molecule has 0 aromatic carbocycles. The molecule has 0 heterocycles. The van der Waals surface area contributed by atoms with E-state index in [0.29, 0.717) is 19.4 Å². The quantitative estimate of drug-likeness (QED) is 0.0551. The van der Waals surface area contributed by atoms with Crippen LogP contribution in [0.1, 0.15) is 71.1 Å². The van der Waals surface area contributed by atoms with Crippen LogP contribution < -0.4 is 16.8 Å².